The van der Waals surface area contributed by atoms with Crippen LogP contribution in [0.25, 0.3) is 11.0 Å². The summed E-state index contributed by atoms with van der Waals surface area (Å²) in [5.74, 6) is 1.08. The van der Waals surface area contributed by atoms with Gasteiger partial charge < -0.3 is 18.6 Å². The summed E-state index contributed by atoms with van der Waals surface area (Å²) in [6.07, 6.45) is 22.2. The molecule has 0 amide bonds. The van der Waals surface area contributed by atoms with E-state index >= 15 is 0 Å². The monoisotopic (exact) mass is 606 g/mol. The van der Waals surface area contributed by atoms with Gasteiger partial charge in [0.15, 0.2) is 17.1 Å². The Labute approximate surface area is 267 Å². The molecule has 2 rings (SSSR count). The molecule has 2 aromatic rings. The van der Waals surface area contributed by atoms with Crippen LogP contribution in [0.4, 0.5) is 0 Å². The van der Waals surface area contributed by atoms with E-state index in [1.165, 1.54) is 60.8 Å². The van der Waals surface area contributed by atoms with Crippen molar-refractivity contribution in [2.24, 2.45) is 0 Å². The van der Waals surface area contributed by atoms with Crippen LogP contribution in [0, 0.1) is 0 Å². The van der Waals surface area contributed by atoms with Crippen LogP contribution in [-0.2, 0) is 0 Å². The number of allylic oxidation sites excluding steroid dienone is 6. The fourth-order valence-electron chi connectivity index (χ4n) is 4.87. The van der Waals surface area contributed by atoms with E-state index in [-0.39, 0.29) is 5.75 Å². The highest BCUT2D eigenvalue weighted by atomic mass is 16.5. The number of fused-ring (bicyclic) bond motifs is 1. The Hall–Kier alpha value is -3.21. The summed E-state index contributed by atoms with van der Waals surface area (Å²) in [5.41, 5.74) is 4.99. The zero-order valence-electron chi connectivity index (χ0n) is 28.7. The summed E-state index contributed by atoms with van der Waals surface area (Å²) < 4.78 is 24.2. The molecule has 0 spiro atoms. The minimum Gasteiger partial charge on any atom is -0.486 e. The highest BCUT2D eigenvalue weighted by Gasteiger charge is 2.20. The van der Waals surface area contributed by atoms with Crippen molar-refractivity contribution in [3.05, 3.63) is 75.2 Å². The van der Waals surface area contributed by atoms with Gasteiger partial charge in [0.05, 0.1) is 12.0 Å². The van der Waals surface area contributed by atoms with Crippen molar-refractivity contribution in [3.63, 3.8) is 0 Å². The molecule has 0 saturated carbocycles. The molecular formula is C39H58O5. The van der Waals surface area contributed by atoms with E-state index in [1.807, 2.05) is 18.2 Å². The maximum atomic E-state index is 13.3. The number of ether oxygens (including phenoxy) is 3. The summed E-state index contributed by atoms with van der Waals surface area (Å²) in [5, 5.41) is 0.674. The van der Waals surface area contributed by atoms with Gasteiger partial charge in [-0.1, -0.05) is 92.4 Å². The fourth-order valence-corrected chi connectivity index (χ4v) is 4.87. The van der Waals surface area contributed by atoms with Crippen LogP contribution in [0.2, 0.25) is 0 Å². The predicted octanol–water partition coefficient (Wildman–Crippen LogP) is 11.5. The third kappa shape index (κ3) is 14.5. The molecule has 0 aliphatic carbocycles. The molecule has 0 N–H and O–H groups in total. The Bertz CT molecular complexity index is 1300. The maximum Gasteiger partial charge on any atom is 0.383 e. The number of unbranched alkanes of at least 4 members (excludes halogenated alkanes) is 7. The molecule has 44 heavy (non-hydrogen) atoms. The SMILES string of the molecule is CCCCCCCCCCOc1c(OC/C=C(\C)CCC=C(C)C)c2cccc(OC/C=C(\C)CCC=C(C)C)c2oc1=O. The van der Waals surface area contributed by atoms with E-state index in [0.717, 1.165) is 38.5 Å². The summed E-state index contributed by atoms with van der Waals surface area (Å²) in [6, 6.07) is 5.63. The van der Waals surface area contributed by atoms with Gasteiger partial charge >= 0.3 is 5.63 Å². The molecule has 244 valence electrons. The highest BCUT2D eigenvalue weighted by molar-refractivity contribution is 5.89. The largest absolute Gasteiger partial charge is 0.486 e. The normalized spacial score (nSPS) is 11.9. The molecule has 0 aliphatic heterocycles. The molecule has 0 bridgehead atoms. The summed E-state index contributed by atoms with van der Waals surface area (Å²) in [6.45, 7) is 16.1. The lowest BCUT2D eigenvalue weighted by atomic mass is 10.1. The van der Waals surface area contributed by atoms with E-state index in [4.69, 9.17) is 18.6 Å². The van der Waals surface area contributed by atoms with Crippen LogP contribution in [0.3, 0.4) is 0 Å². The molecule has 0 saturated heterocycles. The van der Waals surface area contributed by atoms with Gasteiger partial charge in [0.25, 0.3) is 0 Å². The summed E-state index contributed by atoms with van der Waals surface area (Å²) in [7, 11) is 0. The number of benzene rings is 1. The van der Waals surface area contributed by atoms with Gasteiger partial charge in [0.2, 0.25) is 5.75 Å². The van der Waals surface area contributed by atoms with Crippen molar-refractivity contribution in [2.45, 2.75) is 126 Å². The van der Waals surface area contributed by atoms with Gasteiger partial charge in [-0.05, 0) is 97.9 Å². The van der Waals surface area contributed by atoms with Crippen LogP contribution in [0.15, 0.2) is 74.0 Å². The lowest BCUT2D eigenvalue weighted by Crippen LogP contribution is -2.12. The van der Waals surface area contributed by atoms with E-state index in [1.54, 1.807) is 0 Å². The standard InChI is InChI=1S/C39H58O5/c1-8-9-10-11-12-13-14-15-27-42-38-37(43-29-26-33(7)22-17-20-31(4)5)34-23-18-24-35(36(34)44-39(38)40)41-28-25-32(6)21-16-19-30(2)3/h18-20,23-26H,8-17,21-22,27-29H2,1-7H3/b32-25+,33-26+. The van der Waals surface area contributed by atoms with Crippen molar-refractivity contribution in [1.82, 2.24) is 0 Å². The van der Waals surface area contributed by atoms with E-state index in [2.05, 4.69) is 72.8 Å². The van der Waals surface area contributed by atoms with Crippen molar-refractivity contribution >= 4 is 11.0 Å². The molecule has 1 aromatic heterocycles. The quantitative estimate of drug-likeness (QED) is 0.0758. The fraction of sp³-hybridized carbons (Fsp3) is 0.564. The lowest BCUT2D eigenvalue weighted by molar-refractivity contribution is 0.263. The zero-order chi connectivity index (χ0) is 32.2. The van der Waals surface area contributed by atoms with Gasteiger partial charge in [-0.2, -0.15) is 0 Å². The second-order valence-corrected chi connectivity index (χ2v) is 12.4. The average Bonchev–Trinajstić information content (AvgIpc) is 2.97. The van der Waals surface area contributed by atoms with Crippen LogP contribution in [-0.4, -0.2) is 19.8 Å². The lowest BCUT2D eigenvalue weighted by Gasteiger charge is -2.15. The predicted molar refractivity (Wildman–Crippen MR) is 186 cm³/mol. The van der Waals surface area contributed by atoms with Gasteiger partial charge in [-0.3, -0.25) is 0 Å². The zero-order valence-corrected chi connectivity index (χ0v) is 28.7. The average molecular weight is 607 g/mol. The third-order valence-electron chi connectivity index (χ3n) is 7.57. The van der Waals surface area contributed by atoms with Crippen LogP contribution < -0.4 is 19.8 Å². The molecule has 0 aliphatic rings. The molecule has 5 heteroatoms. The van der Waals surface area contributed by atoms with Crippen LogP contribution >= 0.6 is 0 Å². The molecular weight excluding hydrogens is 548 g/mol. The molecule has 0 unspecified atom stereocenters. The Balaban J connectivity index is 2.20. The minimum absolute atomic E-state index is 0.142. The van der Waals surface area contributed by atoms with Crippen LogP contribution in [0.1, 0.15) is 126 Å². The van der Waals surface area contributed by atoms with E-state index < -0.39 is 5.63 Å². The molecule has 1 heterocycles. The first-order chi connectivity index (χ1) is 21.2. The Morgan fingerprint density at radius 1 is 0.682 bits per heavy atom. The van der Waals surface area contributed by atoms with Crippen molar-refractivity contribution in [2.75, 3.05) is 19.8 Å². The number of hydrogen-bond donors (Lipinski definition) is 0. The second-order valence-electron chi connectivity index (χ2n) is 12.4. The molecule has 0 radical (unpaired) electrons. The van der Waals surface area contributed by atoms with E-state index in [9.17, 15) is 4.79 Å². The topological polar surface area (TPSA) is 57.9 Å². The number of hydrogen-bond acceptors (Lipinski definition) is 5. The van der Waals surface area contributed by atoms with Crippen molar-refractivity contribution < 1.29 is 18.6 Å². The molecule has 0 atom stereocenters. The number of rotatable bonds is 22. The van der Waals surface area contributed by atoms with Crippen LogP contribution in [0.5, 0.6) is 17.2 Å². The molecule has 0 fully saturated rings. The molecule has 5 nitrogen and oxygen atoms in total. The van der Waals surface area contributed by atoms with Crippen molar-refractivity contribution in [3.8, 4) is 17.2 Å². The summed E-state index contributed by atoms with van der Waals surface area (Å²) >= 11 is 0. The van der Waals surface area contributed by atoms with Gasteiger partial charge in [-0.25, -0.2) is 4.79 Å². The van der Waals surface area contributed by atoms with Crippen molar-refractivity contribution in [1.29, 1.82) is 0 Å². The Morgan fingerprint density at radius 3 is 1.84 bits per heavy atom. The third-order valence-corrected chi connectivity index (χ3v) is 7.57. The molecule has 1 aromatic carbocycles. The number of para-hydroxylation sites is 1. The van der Waals surface area contributed by atoms with Gasteiger partial charge in [0, 0.05) is 0 Å². The smallest absolute Gasteiger partial charge is 0.383 e. The van der Waals surface area contributed by atoms with Gasteiger partial charge in [-0.15, -0.1) is 0 Å². The first kappa shape index (κ1) is 37.0. The maximum absolute atomic E-state index is 13.3. The highest BCUT2D eigenvalue weighted by Crippen LogP contribution is 2.37. The first-order valence-corrected chi connectivity index (χ1v) is 16.8. The Morgan fingerprint density at radius 2 is 1.25 bits per heavy atom. The minimum atomic E-state index is -0.541. The second kappa shape index (κ2) is 21.5. The Kier molecular flexibility index (Phi) is 18.1. The summed E-state index contributed by atoms with van der Waals surface area (Å²) in [4.78, 5) is 13.3. The first-order valence-electron chi connectivity index (χ1n) is 16.8. The van der Waals surface area contributed by atoms with E-state index in [0.29, 0.717) is 42.3 Å². The van der Waals surface area contributed by atoms with Gasteiger partial charge in [0.1, 0.15) is 13.2 Å².